The lowest BCUT2D eigenvalue weighted by molar-refractivity contribution is 0.0557. The molecule has 3 nitrogen and oxygen atoms in total. The van der Waals surface area contributed by atoms with Gasteiger partial charge in [-0.3, -0.25) is 4.90 Å². The monoisotopic (exact) mass is 185 g/mol. The van der Waals surface area contributed by atoms with Crippen LogP contribution in [-0.2, 0) is 0 Å². The molecule has 3 heteroatoms. The van der Waals surface area contributed by atoms with Gasteiger partial charge < -0.3 is 10.6 Å². The van der Waals surface area contributed by atoms with Crippen LogP contribution in [0, 0.1) is 0 Å². The van der Waals surface area contributed by atoms with E-state index in [0.717, 1.165) is 13.1 Å². The molecule has 2 atom stereocenters. The van der Waals surface area contributed by atoms with Gasteiger partial charge in [-0.05, 0) is 26.9 Å². The molecule has 1 rings (SSSR count). The van der Waals surface area contributed by atoms with Crippen LogP contribution in [0.25, 0.3) is 0 Å². The van der Waals surface area contributed by atoms with E-state index < -0.39 is 0 Å². The first-order valence-electron chi connectivity index (χ1n) is 5.33. The average molecular weight is 185 g/mol. The first-order valence-corrected chi connectivity index (χ1v) is 5.33. The van der Waals surface area contributed by atoms with Crippen molar-refractivity contribution in [2.45, 2.75) is 32.4 Å². The topological polar surface area (TPSA) is 32.5 Å². The number of nitrogens with zero attached hydrogens (tertiary/aromatic N) is 2. The van der Waals surface area contributed by atoms with E-state index in [-0.39, 0.29) is 0 Å². The van der Waals surface area contributed by atoms with Crippen molar-refractivity contribution >= 4 is 0 Å². The maximum absolute atomic E-state index is 5.76. The fraction of sp³-hybridized carbons (Fsp3) is 1.00. The van der Waals surface area contributed by atoms with Gasteiger partial charge in [0.1, 0.15) is 0 Å². The molecule has 1 heterocycles. The second-order valence-corrected chi connectivity index (χ2v) is 4.17. The second-order valence-electron chi connectivity index (χ2n) is 4.17. The quantitative estimate of drug-likeness (QED) is 0.689. The molecule has 0 spiro atoms. The summed E-state index contributed by atoms with van der Waals surface area (Å²) in [4.78, 5) is 4.94. The average Bonchev–Trinajstić information content (AvgIpc) is 2.11. The zero-order valence-electron chi connectivity index (χ0n) is 9.16. The lowest BCUT2D eigenvalue weighted by atomic mass is 10.1. The van der Waals surface area contributed by atoms with E-state index in [9.17, 15) is 0 Å². The largest absolute Gasteiger partial charge is 0.329 e. The van der Waals surface area contributed by atoms with Crippen LogP contribution in [0.4, 0.5) is 0 Å². The molecule has 2 N–H and O–H groups in total. The Hall–Kier alpha value is -0.120. The summed E-state index contributed by atoms with van der Waals surface area (Å²) in [5.41, 5.74) is 5.76. The standard InChI is InChI=1S/C10H23N3/c1-4-5-13-7-9(2)12(3)8-10(13)6-11/h9-10H,4-8,11H2,1-3H3. The van der Waals surface area contributed by atoms with E-state index in [0.29, 0.717) is 12.1 Å². The van der Waals surface area contributed by atoms with Crippen LogP contribution >= 0.6 is 0 Å². The zero-order valence-corrected chi connectivity index (χ0v) is 9.16. The van der Waals surface area contributed by atoms with Gasteiger partial charge in [0, 0.05) is 31.7 Å². The van der Waals surface area contributed by atoms with Crippen LogP contribution < -0.4 is 5.73 Å². The first kappa shape index (κ1) is 11.0. The fourth-order valence-electron chi connectivity index (χ4n) is 2.04. The molecule has 0 aromatic carbocycles. The van der Waals surface area contributed by atoms with Gasteiger partial charge in [0.2, 0.25) is 0 Å². The van der Waals surface area contributed by atoms with Crippen LogP contribution in [0.2, 0.25) is 0 Å². The van der Waals surface area contributed by atoms with Crippen molar-refractivity contribution in [3.05, 3.63) is 0 Å². The van der Waals surface area contributed by atoms with Crippen LogP contribution in [0.1, 0.15) is 20.3 Å². The van der Waals surface area contributed by atoms with Gasteiger partial charge in [0.05, 0.1) is 0 Å². The Balaban J connectivity index is 2.50. The van der Waals surface area contributed by atoms with Gasteiger partial charge >= 0.3 is 0 Å². The molecule has 1 aliphatic heterocycles. The van der Waals surface area contributed by atoms with E-state index in [4.69, 9.17) is 5.73 Å². The number of hydrogen-bond donors (Lipinski definition) is 1. The van der Waals surface area contributed by atoms with Crippen molar-refractivity contribution in [3.63, 3.8) is 0 Å². The van der Waals surface area contributed by atoms with Gasteiger partial charge in [0.25, 0.3) is 0 Å². The normalized spacial score (nSPS) is 32.3. The molecule has 0 aliphatic carbocycles. The van der Waals surface area contributed by atoms with E-state index in [2.05, 4.69) is 30.7 Å². The number of rotatable bonds is 3. The van der Waals surface area contributed by atoms with Crippen LogP contribution in [0.3, 0.4) is 0 Å². The lowest BCUT2D eigenvalue weighted by Gasteiger charge is -2.43. The third kappa shape index (κ3) is 2.66. The minimum Gasteiger partial charge on any atom is -0.329 e. The molecule has 0 amide bonds. The van der Waals surface area contributed by atoms with Crippen molar-refractivity contribution in [3.8, 4) is 0 Å². The van der Waals surface area contributed by atoms with E-state index in [1.54, 1.807) is 0 Å². The number of likely N-dealkylation sites (N-methyl/N-ethyl adjacent to an activating group) is 1. The molecule has 0 bridgehead atoms. The summed E-state index contributed by atoms with van der Waals surface area (Å²) in [6.07, 6.45) is 1.23. The molecule has 0 aromatic heterocycles. The van der Waals surface area contributed by atoms with Crippen LogP contribution in [-0.4, -0.2) is 55.1 Å². The first-order chi connectivity index (χ1) is 6.19. The molecule has 13 heavy (non-hydrogen) atoms. The predicted octanol–water partition coefficient (Wildman–Crippen LogP) is 0.360. The van der Waals surface area contributed by atoms with Crippen LogP contribution in [0.15, 0.2) is 0 Å². The highest BCUT2D eigenvalue weighted by Crippen LogP contribution is 2.12. The van der Waals surface area contributed by atoms with Crippen molar-refractivity contribution in [1.82, 2.24) is 9.80 Å². The van der Waals surface area contributed by atoms with E-state index >= 15 is 0 Å². The molecule has 0 aromatic rings. The molecule has 1 aliphatic rings. The zero-order chi connectivity index (χ0) is 9.84. The second kappa shape index (κ2) is 4.94. The van der Waals surface area contributed by atoms with Gasteiger partial charge in [0.15, 0.2) is 0 Å². The third-order valence-electron chi connectivity index (χ3n) is 3.05. The smallest absolute Gasteiger partial charge is 0.0346 e. The molecule has 1 saturated heterocycles. The Morgan fingerprint density at radius 1 is 1.38 bits per heavy atom. The summed E-state index contributed by atoms with van der Waals surface area (Å²) < 4.78 is 0. The summed E-state index contributed by atoms with van der Waals surface area (Å²) in [6, 6.07) is 1.25. The highest BCUT2D eigenvalue weighted by Gasteiger charge is 2.27. The molecule has 0 radical (unpaired) electrons. The van der Waals surface area contributed by atoms with Crippen LogP contribution in [0.5, 0.6) is 0 Å². The van der Waals surface area contributed by atoms with E-state index in [1.165, 1.54) is 19.5 Å². The fourth-order valence-corrected chi connectivity index (χ4v) is 2.04. The highest BCUT2D eigenvalue weighted by molar-refractivity contribution is 4.85. The summed E-state index contributed by atoms with van der Waals surface area (Å²) in [7, 11) is 2.19. The van der Waals surface area contributed by atoms with Gasteiger partial charge in [-0.1, -0.05) is 6.92 Å². The Morgan fingerprint density at radius 3 is 2.62 bits per heavy atom. The SMILES string of the molecule is CCCN1CC(C)N(C)CC1CN. The molecule has 1 fully saturated rings. The summed E-state index contributed by atoms with van der Waals surface area (Å²) in [6.45, 7) is 8.80. The third-order valence-corrected chi connectivity index (χ3v) is 3.05. The summed E-state index contributed by atoms with van der Waals surface area (Å²) >= 11 is 0. The molecule has 0 saturated carbocycles. The Labute approximate surface area is 81.9 Å². The molecule has 78 valence electrons. The highest BCUT2D eigenvalue weighted by atomic mass is 15.3. The number of hydrogen-bond acceptors (Lipinski definition) is 3. The van der Waals surface area contributed by atoms with Crippen molar-refractivity contribution in [2.24, 2.45) is 5.73 Å². The Bertz CT molecular complexity index is 149. The Morgan fingerprint density at radius 2 is 2.08 bits per heavy atom. The summed E-state index contributed by atoms with van der Waals surface area (Å²) in [5.74, 6) is 0. The number of piperazine rings is 1. The van der Waals surface area contributed by atoms with Gasteiger partial charge in [-0.15, -0.1) is 0 Å². The van der Waals surface area contributed by atoms with Gasteiger partial charge in [-0.25, -0.2) is 0 Å². The summed E-state index contributed by atoms with van der Waals surface area (Å²) in [5, 5.41) is 0. The molecular formula is C10H23N3. The Kier molecular flexibility index (Phi) is 4.16. The predicted molar refractivity (Wildman–Crippen MR) is 56.8 cm³/mol. The minimum atomic E-state index is 0.571. The van der Waals surface area contributed by atoms with Crippen molar-refractivity contribution in [1.29, 1.82) is 0 Å². The van der Waals surface area contributed by atoms with Gasteiger partial charge in [-0.2, -0.15) is 0 Å². The minimum absolute atomic E-state index is 0.571. The number of nitrogens with two attached hydrogens (primary N) is 1. The molecule has 2 unspecified atom stereocenters. The molecular weight excluding hydrogens is 162 g/mol. The van der Waals surface area contributed by atoms with Crippen molar-refractivity contribution < 1.29 is 0 Å². The van der Waals surface area contributed by atoms with E-state index in [1.807, 2.05) is 0 Å². The van der Waals surface area contributed by atoms with Crippen molar-refractivity contribution in [2.75, 3.05) is 33.2 Å². The maximum Gasteiger partial charge on any atom is 0.0346 e. The maximum atomic E-state index is 5.76. The lowest BCUT2D eigenvalue weighted by Crippen LogP contribution is -2.58.